The van der Waals surface area contributed by atoms with Crippen LogP contribution >= 0.6 is 19.8 Å². The van der Waals surface area contributed by atoms with Gasteiger partial charge in [0, 0.05) is 0 Å². The number of halogens is 5. The molecule has 1 unspecified atom stereocenters. The summed E-state index contributed by atoms with van der Waals surface area (Å²) in [5, 5.41) is 0. The Morgan fingerprint density at radius 3 is 2.81 bits per heavy atom. The van der Waals surface area contributed by atoms with Crippen LogP contribution in [0.25, 0.3) is 16.6 Å². The third kappa shape index (κ3) is 3.81. The Morgan fingerprint density at radius 1 is 1.16 bits per heavy atom. The van der Waals surface area contributed by atoms with Crippen molar-refractivity contribution in [3.63, 3.8) is 0 Å². The number of piperidine rings is 1. The van der Waals surface area contributed by atoms with Crippen LogP contribution in [0.1, 0.15) is 51.8 Å². The van der Waals surface area contributed by atoms with Crippen molar-refractivity contribution in [2.45, 2.75) is 31.0 Å². The van der Waals surface area contributed by atoms with Gasteiger partial charge in [-0.25, -0.2) is 0 Å². The van der Waals surface area contributed by atoms with E-state index < -0.39 is 31.6 Å². The first-order valence-corrected chi connectivity index (χ1v) is 19.2. The van der Waals surface area contributed by atoms with Gasteiger partial charge in [-0.3, -0.25) is 0 Å². The molecule has 11 heteroatoms. The standard InChI is InChI=1S/C26H23F3I2N5O/c27-26(28,29)16-1-2-17-18(10-16)14-3-6-35(20(17)8-14)25(37)15-7-19(31-5-4-30-12-31)23-21(9-15)36-13-33-11-22(36)24(32)34-23/h1-2,7,9-11,13-14,20H,3-6,8,12H2,(H2,32,34)/q-1/t14?,20-/m1/s1. The van der Waals surface area contributed by atoms with Crippen molar-refractivity contribution in [3.05, 3.63) is 68.7 Å². The molecule has 2 aromatic carbocycles. The van der Waals surface area contributed by atoms with Gasteiger partial charge in [0.2, 0.25) is 0 Å². The van der Waals surface area contributed by atoms with Gasteiger partial charge in [-0.05, 0) is 0 Å². The number of fused-ring (bicyclic) bond motifs is 8. The molecule has 0 spiro atoms. The number of nitrogen functional groups attached to an aromatic ring is 1. The molecule has 2 N–H and O–H groups in total. The summed E-state index contributed by atoms with van der Waals surface area (Å²) in [5.41, 5.74) is 10.4. The van der Waals surface area contributed by atoms with Crippen LogP contribution in [0.15, 0.2) is 42.9 Å². The summed E-state index contributed by atoms with van der Waals surface area (Å²) in [7, 11) is 0. The second-order valence-electron chi connectivity index (χ2n) is 9.67. The molecular weight excluding hydrogens is 709 g/mol. The van der Waals surface area contributed by atoms with Gasteiger partial charge in [-0.1, -0.05) is 0 Å². The van der Waals surface area contributed by atoms with Crippen LogP contribution < -0.4 is 26.9 Å². The number of hydrogen-bond acceptors (Lipinski definition) is 4. The van der Waals surface area contributed by atoms with Crippen molar-refractivity contribution in [3.8, 4) is 0 Å². The van der Waals surface area contributed by atoms with E-state index in [2.05, 4.69) is 11.1 Å². The number of rotatable bonds is 2. The number of nitrogens with two attached hydrogens (primary N) is 1. The van der Waals surface area contributed by atoms with Crippen molar-refractivity contribution in [2.75, 3.05) is 23.6 Å². The van der Waals surface area contributed by atoms with Gasteiger partial charge >= 0.3 is 230 Å². The fraction of sp³-hybridized carbons (Fsp3) is 0.346. The first-order chi connectivity index (χ1) is 17.8. The summed E-state index contributed by atoms with van der Waals surface area (Å²) in [6, 6.07) is 7.79. The minimum atomic E-state index is -4.37. The second kappa shape index (κ2) is 8.68. The van der Waals surface area contributed by atoms with Crippen LogP contribution in [0.2, 0.25) is 0 Å². The summed E-state index contributed by atoms with van der Waals surface area (Å²) in [6.07, 6.45) is 0.381. The van der Waals surface area contributed by atoms with Crippen LogP contribution in [0, 0.1) is 3.57 Å². The molecule has 2 atom stereocenters. The van der Waals surface area contributed by atoms with Crippen LogP contribution in [0.4, 0.5) is 19.0 Å². The average Bonchev–Trinajstić information content (AvgIpc) is 3.64. The molecule has 3 aliphatic rings. The molecule has 0 saturated carbocycles. The molecule has 6 nitrogen and oxygen atoms in total. The normalized spacial score (nSPS) is 22.5. The zero-order valence-electron chi connectivity index (χ0n) is 19.6. The van der Waals surface area contributed by atoms with E-state index in [1.54, 1.807) is 18.6 Å². The van der Waals surface area contributed by atoms with Crippen molar-refractivity contribution in [1.29, 1.82) is 0 Å². The summed E-state index contributed by atoms with van der Waals surface area (Å²) in [5.74, 6) is 0.444. The van der Waals surface area contributed by atoms with Crippen LogP contribution in [-0.4, -0.2) is 43.0 Å². The summed E-state index contributed by atoms with van der Waals surface area (Å²) >= 11 is -1.24. The first-order valence-electron chi connectivity index (χ1n) is 12.0. The van der Waals surface area contributed by atoms with Crippen molar-refractivity contribution in [1.82, 2.24) is 19.3 Å². The average molecular weight is 732 g/mol. The fourth-order valence-electron chi connectivity index (χ4n) is 5.90. The topological polar surface area (TPSA) is 76.5 Å². The Hall–Kier alpha value is -2.16. The van der Waals surface area contributed by atoms with Crippen LogP contribution in [0.5, 0.6) is 0 Å². The molecular formula is C26H23F3I2N5O-. The molecule has 2 fully saturated rings. The first kappa shape index (κ1) is 23.9. The number of alkyl halides is 7. The molecule has 2 bridgehead atoms. The number of hydrogen-bond donors (Lipinski definition) is 1. The molecule has 1 amide bonds. The van der Waals surface area contributed by atoms with Gasteiger partial charge in [0.05, 0.1) is 0 Å². The Balaban J connectivity index is 1.33. The Morgan fingerprint density at radius 2 is 2.03 bits per heavy atom. The Kier molecular flexibility index (Phi) is 5.61. The van der Waals surface area contributed by atoms with Gasteiger partial charge in [0.25, 0.3) is 0 Å². The van der Waals surface area contributed by atoms with Crippen LogP contribution in [0.3, 0.4) is 0 Å². The molecule has 2 saturated heterocycles. The molecule has 7 rings (SSSR count). The van der Waals surface area contributed by atoms with Crippen molar-refractivity contribution in [2.24, 2.45) is 0 Å². The molecule has 194 valence electrons. The van der Waals surface area contributed by atoms with E-state index >= 15 is 0 Å². The number of anilines is 1. The van der Waals surface area contributed by atoms with Gasteiger partial charge in [0.1, 0.15) is 0 Å². The molecule has 37 heavy (non-hydrogen) atoms. The van der Waals surface area contributed by atoms with Gasteiger partial charge in [0.15, 0.2) is 0 Å². The van der Waals surface area contributed by atoms with Gasteiger partial charge in [-0.2, -0.15) is 0 Å². The molecule has 4 aromatic rings. The molecule has 0 radical (unpaired) electrons. The third-order valence-electron chi connectivity index (χ3n) is 7.67. The molecule has 4 heterocycles. The monoisotopic (exact) mass is 732 g/mol. The predicted octanol–water partition coefficient (Wildman–Crippen LogP) is 2.29. The van der Waals surface area contributed by atoms with E-state index in [0.717, 1.165) is 33.7 Å². The number of carbonyl (C=O) groups excluding carboxylic acids is 1. The van der Waals surface area contributed by atoms with Crippen molar-refractivity contribution < 1.29 is 39.2 Å². The zero-order valence-corrected chi connectivity index (χ0v) is 23.9. The molecule has 2 aliphatic heterocycles. The van der Waals surface area contributed by atoms with E-state index in [1.165, 1.54) is 20.9 Å². The Labute approximate surface area is 228 Å². The predicted molar refractivity (Wildman–Crippen MR) is 139 cm³/mol. The van der Waals surface area contributed by atoms with E-state index in [9.17, 15) is 18.0 Å². The number of aromatic nitrogens is 3. The third-order valence-corrected chi connectivity index (χ3v) is 23.9. The number of nitrogens with zero attached hydrogens (tertiary/aromatic N) is 4. The maximum absolute atomic E-state index is 14.1. The summed E-state index contributed by atoms with van der Waals surface area (Å²) in [4.78, 5) is 25.0. The number of carbonyl (C=O) groups is 1. The van der Waals surface area contributed by atoms with E-state index in [-0.39, 0.29) is 39.1 Å². The number of likely N-dealkylation sites (tertiary alicyclic amines) is 1. The number of imidazole rings is 1. The Bertz CT molecular complexity index is 1580. The molecule has 1 aliphatic carbocycles. The van der Waals surface area contributed by atoms with E-state index in [0.29, 0.717) is 30.8 Å². The van der Waals surface area contributed by atoms with Gasteiger partial charge in [-0.15, -0.1) is 0 Å². The number of benzene rings is 2. The second-order valence-corrected chi connectivity index (χ2v) is 21.1. The van der Waals surface area contributed by atoms with Crippen molar-refractivity contribution >= 4 is 48.1 Å². The summed E-state index contributed by atoms with van der Waals surface area (Å²) in [6.45, 7) is 0.534. The van der Waals surface area contributed by atoms with Crippen LogP contribution in [-0.2, 0) is 6.18 Å². The molecule has 2 aromatic heterocycles. The number of amides is 1. The maximum atomic E-state index is 14.1. The van der Waals surface area contributed by atoms with Gasteiger partial charge < -0.3 is 0 Å². The van der Waals surface area contributed by atoms with E-state index in [4.69, 9.17) is 10.7 Å². The zero-order chi connectivity index (χ0) is 25.5. The minimum absolute atomic E-state index is 0.0609. The SMILES string of the molecule is Nc1nc2c(I3CC[I-]C3)cc(C(=O)N3CCC4C[C@@H]3c3ccc(C(F)(F)F)cc34)cc2n2cncc12. The quantitative estimate of drug-likeness (QED) is 0.254. The summed E-state index contributed by atoms with van der Waals surface area (Å²) < 4.78 is 47.1. The fourth-order valence-corrected chi connectivity index (χ4v) is 25.0. The van der Waals surface area contributed by atoms with E-state index in [1.807, 2.05) is 15.4 Å².